The van der Waals surface area contributed by atoms with Crippen LogP contribution in [0.25, 0.3) is 0 Å². The maximum absolute atomic E-state index is 11.4. The van der Waals surface area contributed by atoms with Crippen molar-refractivity contribution in [3.05, 3.63) is 0 Å². The van der Waals surface area contributed by atoms with Crippen molar-refractivity contribution >= 4 is 5.97 Å². The minimum Gasteiger partial charge on any atom is -0.461 e. The van der Waals surface area contributed by atoms with Crippen molar-refractivity contribution in [3.63, 3.8) is 0 Å². The van der Waals surface area contributed by atoms with Gasteiger partial charge in [-0.2, -0.15) is 0 Å². The second kappa shape index (κ2) is 13.9. The molecule has 0 bridgehead atoms. The lowest BCUT2D eigenvalue weighted by atomic mass is 10.0. The molecule has 0 radical (unpaired) electrons. The zero-order chi connectivity index (χ0) is 14.3. The van der Waals surface area contributed by atoms with E-state index < -0.39 is 0 Å². The van der Waals surface area contributed by atoms with Crippen molar-refractivity contribution in [3.8, 4) is 0 Å². The van der Waals surface area contributed by atoms with Crippen LogP contribution in [0.15, 0.2) is 0 Å². The van der Waals surface area contributed by atoms with Gasteiger partial charge in [-0.25, -0.2) is 4.79 Å². The Kier molecular flexibility index (Phi) is 13.4. The van der Waals surface area contributed by atoms with Crippen LogP contribution in [0.2, 0.25) is 0 Å². The van der Waals surface area contributed by atoms with Crippen LogP contribution in [-0.4, -0.2) is 25.8 Å². The zero-order valence-corrected chi connectivity index (χ0v) is 13.1. The fourth-order valence-corrected chi connectivity index (χ4v) is 2.25. The highest BCUT2D eigenvalue weighted by Gasteiger charge is 2.12. The van der Waals surface area contributed by atoms with E-state index in [0.29, 0.717) is 0 Å². The summed E-state index contributed by atoms with van der Waals surface area (Å²) in [4.78, 5) is 11.4. The minimum atomic E-state index is -0.233. The molecule has 0 N–H and O–H groups in total. The van der Waals surface area contributed by atoms with Crippen LogP contribution in [0.1, 0.15) is 78.1 Å². The third-order valence-corrected chi connectivity index (χ3v) is 3.30. The van der Waals surface area contributed by atoms with E-state index >= 15 is 0 Å². The normalized spacial score (nSPS) is 12.4. The summed E-state index contributed by atoms with van der Waals surface area (Å²) >= 11 is 0. The lowest BCUT2D eigenvalue weighted by Crippen LogP contribution is -2.21. The number of hydrogen-bond acceptors (Lipinski definition) is 3. The number of carbonyl (C=O) groups excluding carboxylic acids is 1. The third kappa shape index (κ3) is 12.2. The monoisotopic (exact) mass is 272 g/mol. The molecule has 0 aromatic carbocycles. The van der Waals surface area contributed by atoms with Crippen LogP contribution in [0, 0.1) is 0 Å². The first-order valence-corrected chi connectivity index (χ1v) is 7.93. The van der Waals surface area contributed by atoms with Gasteiger partial charge in [0.15, 0.2) is 0 Å². The number of methoxy groups -OCH3 is 1. The van der Waals surface area contributed by atoms with Crippen LogP contribution < -0.4 is 0 Å². The SMILES string of the molecule is CCCCCCCCCC(CCC)OC(=O)COC. The number of unbranched alkanes of at least 4 members (excludes halogenated alkanes) is 6. The highest BCUT2D eigenvalue weighted by Crippen LogP contribution is 2.14. The van der Waals surface area contributed by atoms with Crippen molar-refractivity contribution in [1.29, 1.82) is 0 Å². The molecule has 0 spiro atoms. The van der Waals surface area contributed by atoms with E-state index in [0.717, 1.165) is 25.7 Å². The van der Waals surface area contributed by atoms with Crippen molar-refractivity contribution in [1.82, 2.24) is 0 Å². The second-order valence-corrected chi connectivity index (χ2v) is 5.24. The number of hydrogen-bond donors (Lipinski definition) is 0. The number of rotatable bonds is 13. The molecule has 0 amide bonds. The van der Waals surface area contributed by atoms with Gasteiger partial charge in [-0.1, -0.05) is 58.8 Å². The highest BCUT2D eigenvalue weighted by atomic mass is 16.6. The largest absolute Gasteiger partial charge is 0.461 e. The first-order chi connectivity index (χ1) is 9.24. The second-order valence-electron chi connectivity index (χ2n) is 5.24. The summed E-state index contributed by atoms with van der Waals surface area (Å²) in [6.45, 7) is 4.43. The Balaban J connectivity index is 3.61. The Bertz CT molecular complexity index is 204. The van der Waals surface area contributed by atoms with Gasteiger partial charge in [0.2, 0.25) is 0 Å². The fourth-order valence-electron chi connectivity index (χ4n) is 2.25. The number of carbonyl (C=O) groups is 1. The van der Waals surface area contributed by atoms with E-state index in [1.807, 2.05) is 0 Å². The van der Waals surface area contributed by atoms with Crippen LogP contribution >= 0.6 is 0 Å². The molecule has 114 valence electrons. The highest BCUT2D eigenvalue weighted by molar-refractivity contribution is 5.70. The summed E-state index contributed by atoms with van der Waals surface area (Å²) in [5.41, 5.74) is 0. The molecule has 0 saturated heterocycles. The Morgan fingerprint density at radius 1 is 0.895 bits per heavy atom. The quantitative estimate of drug-likeness (QED) is 0.366. The molecule has 1 unspecified atom stereocenters. The van der Waals surface area contributed by atoms with E-state index in [1.54, 1.807) is 0 Å². The molecule has 19 heavy (non-hydrogen) atoms. The van der Waals surface area contributed by atoms with Gasteiger partial charge in [0.05, 0.1) is 0 Å². The molecule has 0 aliphatic heterocycles. The van der Waals surface area contributed by atoms with E-state index in [9.17, 15) is 4.79 Å². The predicted molar refractivity (Wildman–Crippen MR) is 79.3 cm³/mol. The molecule has 3 heteroatoms. The summed E-state index contributed by atoms with van der Waals surface area (Å²) in [5, 5.41) is 0. The molecule has 0 aromatic rings. The molecule has 0 aromatic heterocycles. The van der Waals surface area contributed by atoms with Gasteiger partial charge in [0, 0.05) is 7.11 Å². The standard InChI is InChI=1S/C16H32O3/c1-4-6-7-8-9-10-11-13-15(12-5-2)19-16(17)14-18-3/h15H,4-14H2,1-3H3. The van der Waals surface area contributed by atoms with Crippen molar-refractivity contribution in [2.75, 3.05) is 13.7 Å². The first-order valence-electron chi connectivity index (χ1n) is 7.93. The maximum atomic E-state index is 11.4. The Morgan fingerprint density at radius 2 is 1.53 bits per heavy atom. The molecule has 0 aliphatic carbocycles. The van der Waals surface area contributed by atoms with Gasteiger partial charge < -0.3 is 9.47 Å². The van der Waals surface area contributed by atoms with Gasteiger partial charge >= 0.3 is 5.97 Å². The molecule has 3 nitrogen and oxygen atoms in total. The number of esters is 1. The Morgan fingerprint density at radius 3 is 2.11 bits per heavy atom. The van der Waals surface area contributed by atoms with Crippen LogP contribution in [0.5, 0.6) is 0 Å². The predicted octanol–water partition coefficient (Wildman–Crippen LogP) is 4.49. The van der Waals surface area contributed by atoms with Crippen molar-refractivity contribution in [2.24, 2.45) is 0 Å². The molecule has 0 saturated carbocycles. The maximum Gasteiger partial charge on any atom is 0.332 e. The molecule has 0 aliphatic rings. The summed E-state index contributed by atoms with van der Waals surface area (Å²) in [7, 11) is 1.52. The summed E-state index contributed by atoms with van der Waals surface area (Å²) < 4.78 is 10.2. The minimum absolute atomic E-state index is 0.0667. The summed E-state index contributed by atoms with van der Waals surface area (Å²) in [5.74, 6) is -0.233. The van der Waals surface area contributed by atoms with Crippen LogP contribution in [0.3, 0.4) is 0 Å². The van der Waals surface area contributed by atoms with Crippen LogP contribution in [-0.2, 0) is 14.3 Å². The molecule has 1 atom stereocenters. The molecular weight excluding hydrogens is 240 g/mol. The van der Waals surface area contributed by atoms with Gasteiger partial charge in [-0.15, -0.1) is 0 Å². The van der Waals surface area contributed by atoms with Crippen molar-refractivity contribution in [2.45, 2.75) is 84.2 Å². The van der Waals surface area contributed by atoms with Gasteiger partial charge in [-0.3, -0.25) is 0 Å². The lowest BCUT2D eigenvalue weighted by Gasteiger charge is -2.17. The first kappa shape index (κ1) is 18.4. The Labute approximate surface area is 119 Å². The Hall–Kier alpha value is -0.570. The van der Waals surface area contributed by atoms with Gasteiger partial charge in [0.1, 0.15) is 12.7 Å². The van der Waals surface area contributed by atoms with E-state index in [2.05, 4.69) is 13.8 Å². The lowest BCUT2D eigenvalue weighted by molar-refractivity contribution is -0.154. The number of ether oxygens (including phenoxy) is 2. The third-order valence-electron chi connectivity index (χ3n) is 3.30. The van der Waals surface area contributed by atoms with E-state index in [4.69, 9.17) is 9.47 Å². The molecule has 0 rings (SSSR count). The van der Waals surface area contributed by atoms with Gasteiger partial charge in [-0.05, 0) is 19.3 Å². The topological polar surface area (TPSA) is 35.5 Å². The van der Waals surface area contributed by atoms with Crippen LogP contribution in [0.4, 0.5) is 0 Å². The van der Waals surface area contributed by atoms with Crippen molar-refractivity contribution < 1.29 is 14.3 Å². The molecule has 0 heterocycles. The fraction of sp³-hybridized carbons (Fsp3) is 0.938. The van der Waals surface area contributed by atoms with E-state index in [-0.39, 0.29) is 18.7 Å². The average Bonchev–Trinajstić information content (AvgIpc) is 2.38. The average molecular weight is 272 g/mol. The zero-order valence-electron chi connectivity index (χ0n) is 13.1. The molecule has 0 fully saturated rings. The summed E-state index contributed by atoms with van der Waals surface area (Å²) in [6.07, 6.45) is 12.2. The molecular formula is C16H32O3. The summed E-state index contributed by atoms with van der Waals surface area (Å²) in [6, 6.07) is 0. The smallest absolute Gasteiger partial charge is 0.332 e. The van der Waals surface area contributed by atoms with E-state index in [1.165, 1.54) is 45.6 Å². The van der Waals surface area contributed by atoms with Gasteiger partial charge in [0.25, 0.3) is 0 Å².